The molecule has 1 aliphatic heterocycles. The van der Waals surface area contributed by atoms with Gasteiger partial charge < -0.3 is 10.3 Å². The summed E-state index contributed by atoms with van der Waals surface area (Å²) in [6.07, 6.45) is 10.0. The number of primary amides is 1. The molecule has 1 saturated heterocycles. The van der Waals surface area contributed by atoms with Crippen molar-refractivity contribution < 1.29 is 4.79 Å². The number of benzene rings is 1. The number of carbonyl (C=O) groups excluding carboxylic acids is 1. The Bertz CT molecular complexity index is 934. The summed E-state index contributed by atoms with van der Waals surface area (Å²) in [6.45, 7) is 3.85. The van der Waals surface area contributed by atoms with Crippen molar-refractivity contribution in [1.82, 2.24) is 14.5 Å². The summed E-state index contributed by atoms with van der Waals surface area (Å²) < 4.78 is 2.17. The Balaban J connectivity index is 1.47. The lowest BCUT2D eigenvalue weighted by molar-refractivity contribution is -0.118. The highest BCUT2D eigenvalue weighted by molar-refractivity contribution is 5.84. The van der Waals surface area contributed by atoms with E-state index in [0.29, 0.717) is 18.9 Å². The van der Waals surface area contributed by atoms with E-state index >= 15 is 0 Å². The zero-order chi connectivity index (χ0) is 19.3. The molecule has 1 aromatic carbocycles. The summed E-state index contributed by atoms with van der Waals surface area (Å²) in [6, 6.07) is 12.7. The van der Waals surface area contributed by atoms with Gasteiger partial charge in [0.1, 0.15) is 0 Å². The van der Waals surface area contributed by atoms with Crippen LogP contribution >= 0.6 is 0 Å². The number of rotatable bonds is 7. The van der Waals surface area contributed by atoms with Gasteiger partial charge in [-0.1, -0.05) is 24.3 Å². The molecular weight excluding hydrogens is 348 g/mol. The topological polar surface area (TPSA) is 64.2 Å². The predicted octanol–water partition coefficient (Wildman–Crippen LogP) is 3.37. The Morgan fingerprint density at radius 1 is 1.21 bits per heavy atom. The second-order valence-corrected chi connectivity index (χ2v) is 7.89. The Morgan fingerprint density at radius 3 is 2.93 bits per heavy atom. The average molecular weight is 377 g/mol. The highest BCUT2D eigenvalue weighted by atomic mass is 16.1. The molecule has 28 heavy (non-hydrogen) atoms. The number of hydrogen-bond acceptors (Lipinski definition) is 3. The molecule has 0 unspecified atom stereocenters. The third kappa shape index (κ3) is 4.42. The van der Waals surface area contributed by atoms with E-state index in [0.717, 1.165) is 26.1 Å². The minimum atomic E-state index is -0.256. The van der Waals surface area contributed by atoms with Crippen LogP contribution in [0.2, 0.25) is 0 Å². The van der Waals surface area contributed by atoms with E-state index in [1.54, 1.807) is 0 Å². The number of piperidine rings is 1. The van der Waals surface area contributed by atoms with Crippen molar-refractivity contribution in [3.63, 3.8) is 0 Å². The maximum Gasteiger partial charge on any atom is 0.219 e. The number of aryl methyl sites for hydroxylation is 1. The number of fused-ring (bicyclic) bond motifs is 1. The molecule has 4 rings (SSSR count). The first-order valence-electron chi connectivity index (χ1n) is 10.2. The minimum Gasteiger partial charge on any atom is -0.370 e. The fraction of sp³-hybridized carbons (Fsp3) is 0.391. The number of aromatic nitrogens is 2. The van der Waals surface area contributed by atoms with Gasteiger partial charge in [0.15, 0.2) is 0 Å². The quantitative estimate of drug-likeness (QED) is 0.688. The molecule has 2 N–H and O–H groups in total. The van der Waals surface area contributed by atoms with Crippen LogP contribution in [0.1, 0.15) is 30.4 Å². The van der Waals surface area contributed by atoms with Crippen molar-refractivity contribution in [3.05, 3.63) is 66.1 Å². The van der Waals surface area contributed by atoms with Crippen LogP contribution < -0.4 is 5.73 Å². The van der Waals surface area contributed by atoms with Crippen molar-refractivity contribution >= 4 is 16.8 Å². The molecule has 3 heterocycles. The lowest BCUT2D eigenvalue weighted by Crippen LogP contribution is -2.35. The first-order chi connectivity index (χ1) is 13.7. The molecule has 0 saturated carbocycles. The molecule has 0 radical (unpaired) electrons. The zero-order valence-corrected chi connectivity index (χ0v) is 16.3. The van der Waals surface area contributed by atoms with Crippen LogP contribution in [0.3, 0.4) is 0 Å². The number of hydrogen-bond donors (Lipinski definition) is 1. The lowest BCUT2D eigenvalue weighted by Gasteiger charge is -2.32. The molecule has 1 atom stereocenters. The van der Waals surface area contributed by atoms with Crippen LogP contribution in [0.15, 0.2) is 55.0 Å². The number of nitrogens with two attached hydrogens (primary N) is 1. The van der Waals surface area contributed by atoms with Crippen LogP contribution in [-0.2, 0) is 24.3 Å². The van der Waals surface area contributed by atoms with Crippen LogP contribution in [0.25, 0.3) is 10.9 Å². The first kappa shape index (κ1) is 18.7. The summed E-state index contributed by atoms with van der Waals surface area (Å²) in [4.78, 5) is 18.0. The van der Waals surface area contributed by atoms with Gasteiger partial charge in [0, 0.05) is 55.5 Å². The summed E-state index contributed by atoms with van der Waals surface area (Å²) in [5.74, 6) is 0.426. The molecule has 1 fully saturated rings. The number of carbonyl (C=O) groups is 1. The number of para-hydroxylation sites is 1. The van der Waals surface area contributed by atoms with E-state index in [1.165, 1.54) is 34.9 Å². The largest absolute Gasteiger partial charge is 0.370 e. The van der Waals surface area contributed by atoms with Crippen LogP contribution in [0, 0.1) is 5.92 Å². The van der Waals surface area contributed by atoms with Gasteiger partial charge in [0.25, 0.3) is 0 Å². The molecule has 2 aromatic heterocycles. The second-order valence-electron chi connectivity index (χ2n) is 7.89. The second kappa shape index (κ2) is 8.57. The van der Waals surface area contributed by atoms with E-state index in [9.17, 15) is 4.79 Å². The molecule has 1 amide bonds. The van der Waals surface area contributed by atoms with Gasteiger partial charge in [-0.15, -0.1) is 0 Å². The fourth-order valence-electron chi connectivity index (χ4n) is 4.42. The molecule has 5 heteroatoms. The van der Waals surface area contributed by atoms with Gasteiger partial charge in [-0.05, 0) is 55.0 Å². The maximum atomic E-state index is 11.2. The first-order valence-corrected chi connectivity index (χ1v) is 10.2. The molecule has 1 aliphatic rings. The Kier molecular flexibility index (Phi) is 5.72. The zero-order valence-electron chi connectivity index (χ0n) is 16.3. The maximum absolute atomic E-state index is 11.2. The highest BCUT2D eigenvalue weighted by Crippen LogP contribution is 2.26. The third-order valence-corrected chi connectivity index (χ3v) is 5.71. The van der Waals surface area contributed by atoms with E-state index in [4.69, 9.17) is 5.73 Å². The predicted molar refractivity (Wildman–Crippen MR) is 112 cm³/mol. The van der Waals surface area contributed by atoms with Crippen LogP contribution in [-0.4, -0.2) is 33.4 Å². The molecule has 0 aliphatic carbocycles. The number of pyridine rings is 1. The number of amides is 1. The van der Waals surface area contributed by atoms with Crippen molar-refractivity contribution in [2.45, 2.75) is 38.8 Å². The molecule has 146 valence electrons. The third-order valence-electron chi connectivity index (χ3n) is 5.71. The van der Waals surface area contributed by atoms with E-state index in [1.807, 2.05) is 18.5 Å². The van der Waals surface area contributed by atoms with Crippen LogP contribution in [0.5, 0.6) is 0 Å². The smallest absolute Gasteiger partial charge is 0.219 e. The highest BCUT2D eigenvalue weighted by Gasteiger charge is 2.21. The molecular formula is C23H28N4O. The summed E-state index contributed by atoms with van der Waals surface area (Å²) in [5, 5.41) is 1.28. The van der Waals surface area contributed by atoms with Crippen molar-refractivity contribution in [3.8, 4) is 0 Å². The lowest BCUT2D eigenvalue weighted by atomic mass is 9.91. The Hall–Kier alpha value is -2.66. The van der Waals surface area contributed by atoms with E-state index in [2.05, 4.69) is 51.0 Å². The summed E-state index contributed by atoms with van der Waals surface area (Å²) in [7, 11) is 0. The van der Waals surface area contributed by atoms with Crippen molar-refractivity contribution in [1.29, 1.82) is 0 Å². The van der Waals surface area contributed by atoms with Gasteiger partial charge in [0.05, 0.1) is 0 Å². The Labute approximate surface area is 166 Å². The van der Waals surface area contributed by atoms with Gasteiger partial charge >= 0.3 is 0 Å². The van der Waals surface area contributed by atoms with Crippen molar-refractivity contribution in [2.75, 3.05) is 13.1 Å². The molecule has 0 bridgehead atoms. The van der Waals surface area contributed by atoms with E-state index in [-0.39, 0.29) is 5.91 Å². The average Bonchev–Trinajstić information content (AvgIpc) is 3.05. The summed E-state index contributed by atoms with van der Waals surface area (Å²) in [5.41, 5.74) is 9.20. The SMILES string of the molecule is NC(=O)CCn1cc(CN2CCC[C@H](Cc3cccnc3)C2)c2ccccc21. The van der Waals surface area contributed by atoms with E-state index < -0.39 is 0 Å². The fourth-order valence-corrected chi connectivity index (χ4v) is 4.42. The summed E-state index contributed by atoms with van der Waals surface area (Å²) >= 11 is 0. The molecule has 5 nitrogen and oxygen atoms in total. The van der Waals surface area contributed by atoms with Gasteiger partial charge in [-0.25, -0.2) is 0 Å². The monoisotopic (exact) mass is 376 g/mol. The van der Waals surface area contributed by atoms with Gasteiger partial charge in [0.2, 0.25) is 5.91 Å². The Morgan fingerprint density at radius 2 is 2.11 bits per heavy atom. The molecule has 0 spiro atoms. The standard InChI is InChI=1S/C23H28N4O/c24-23(28)9-12-27-17-20(21-7-1-2-8-22(21)27)16-26-11-4-6-19(15-26)13-18-5-3-10-25-14-18/h1-3,5,7-8,10,14,17,19H,4,6,9,11-13,15-16H2,(H2,24,28)/t19-/m1/s1. The van der Waals surface area contributed by atoms with Gasteiger partial charge in [-0.2, -0.15) is 0 Å². The van der Waals surface area contributed by atoms with Crippen LogP contribution in [0.4, 0.5) is 0 Å². The molecule has 3 aromatic rings. The van der Waals surface area contributed by atoms with Gasteiger partial charge in [-0.3, -0.25) is 14.7 Å². The number of likely N-dealkylation sites (tertiary alicyclic amines) is 1. The number of nitrogens with zero attached hydrogens (tertiary/aromatic N) is 3. The normalized spacial score (nSPS) is 17.8. The minimum absolute atomic E-state index is 0.256. The van der Waals surface area contributed by atoms with Crippen molar-refractivity contribution in [2.24, 2.45) is 11.7 Å².